The largest absolute Gasteiger partial charge is 0.483 e. The molecular formula is C19H14FN3O3S2. The number of aromatic nitrogens is 1. The van der Waals surface area contributed by atoms with Crippen LogP contribution in [-0.2, 0) is 4.79 Å². The molecule has 3 N–H and O–H groups in total. The Labute approximate surface area is 166 Å². The molecule has 2 aromatic heterocycles. The van der Waals surface area contributed by atoms with E-state index in [2.05, 4.69) is 10.3 Å². The number of carbonyl (C=O) groups is 2. The van der Waals surface area contributed by atoms with E-state index in [0.717, 1.165) is 31.4 Å². The number of nitrogens with two attached hydrogens (primary N) is 1. The first-order chi connectivity index (χ1) is 13.4. The van der Waals surface area contributed by atoms with Crippen molar-refractivity contribution in [2.45, 2.75) is 6.92 Å². The Morgan fingerprint density at radius 3 is 2.89 bits per heavy atom. The number of rotatable bonds is 5. The van der Waals surface area contributed by atoms with Crippen molar-refractivity contribution in [3.8, 4) is 5.75 Å². The minimum absolute atomic E-state index is 0.239. The van der Waals surface area contributed by atoms with Crippen LogP contribution in [0.15, 0.2) is 35.7 Å². The summed E-state index contributed by atoms with van der Waals surface area (Å²) in [5.74, 6) is -1.49. The van der Waals surface area contributed by atoms with E-state index in [9.17, 15) is 14.0 Å². The number of thiophene rings is 1. The molecule has 6 nitrogen and oxygen atoms in total. The maximum atomic E-state index is 13.5. The standard InChI is InChI=1S/C19H14FN3O3S2/c1-9-22-17-15(28-9)7-14(11-4-5-27-18(11)17)26-8-16(24)23-10-2-3-13(20)12(6-10)19(21)25/h2-7H,8H2,1H3,(H2,21,25)(H,23,24). The molecule has 0 aliphatic heterocycles. The van der Waals surface area contributed by atoms with Gasteiger partial charge in [-0.3, -0.25) is 9.59 Å². The minimum Gasteiger partial charge on any atom is -0.483 e. The van der Waals surface area contributed by atoms with Gasteiger partial charge in [-0.15, -0.1) is 22.7 Å². The molecule has 0 spiro atoms. The van der Waals surface area contributed by atoms with Gasteiger partial charge in [0.05, 0.1) is 25.5 Å². The summed E-state index contributed by atoms with van der Waals surface area (Å²) in [4.78, 5) is 28.0. The third kappa shape index (κ3) is 3.41. The molecule has 2 aromatic carbocycles. The summed E-state index contributed by atoms with van der Waals surface area (Å²) in [7, 11) is 0. The SMILES string of the molecule is Cc1nc2c(cc(OCC(=O)Nc3ccc(F)c(C(N)=O)c3)c3ccsc32)s1. The number of anilines is 1. The molecule has 0 fully saturated rings. The molecule has 0 radical (unpaired) electrons. The Bertz CT molecular complexity index is 1230. The lowest BCUT2D eigenvalue weighted by Crippen LogP contribution is -2.21. The maximum absolute atomic E-state index is 13.5. The summed E-state index contributed by atoms with van der Waals surface area (Å²) in [6, 6.07) is 7.43. The van der Waals surface area contributed by atoms with Gasteiger partial charge in [-0.25, -0.2) is 9.37 Å². The highest BCUT2D eigenvalue weighted by Gasteiger charge is 2.15. The van der Waals surface area contributed by atoms with Gasteiger partial charge in [0.25, 0.3) is 11.8 Å². The van der Waals surface area contributed by atoms with Crippen molar-refractivity contribution in [3.05, 3.63) is 52.1 Å². The van der Waals surface area contributed by atoms with Crippen LogP contribution < -0.4 is 15.8 Å². The van der Waals surface area contributed by atoms with Gasteiger partial charge in [0.1, 0.15) is 11.6 Å². The Morgan fingerprint density at radius 2 is 2.11 bits per heavy atom. The zero-order valence-corrected chi connectivity index (χ0v) is 16.2. The molecular weight excluding hydrogens is 401 g/mol. The Morgan fingerprint density at radius 1 is 1.29 bits per heavy atom. The van der Waals surface area contributed by atoms with Crippen LogP contribution in [0.2, 0.25) is 0 Å². The van der Waals surface area contributed by atoms with Crippen LogP contribution >= 0.6 is 22.7 Å². The first-order valence-electron chi connectivity index (χ1n) is 8.21. The normalized spacial score (nSPS) is 11.1. The molecule has 2 heterocycles. The second-order valence-electron chi connectivity index (χ2n) is 6.01. The number of ether oxygens (including phenoxy) is 1. The molecule has 28 heavy (non-hydrogen) atoms. The van der Waals surface area contributed by atoms with Crippen LogP contribution in [0.3, 0.4) is 0 Å². The number of halogens is 1. The van der Waals surface area contributed by atoms with E-state index >= 15 is 0 Å². The van der Waals surface area contributed by atoms with E-state index in [-0.39, 0.29) is 17.9 Å². The first kappa shape index (κ1) is 18.3. The highest BCUT2D eigenvalue weighted by atomic mass is 32.1. The number of primary amides is 1. The molecule has 4 rings (SSSR count). The number of hydrogen-bond acceptors (Lipinski definition) is 6. The number of thiazole rings is 1. The van der Waals surface area contributed by atoms with Crippen LogP contribution in [0.25, 0.3) is 20.3 Å². The van der Waals surface area contributed by atoms with Gasteiger partial charge in [0.2, 0.25) is 0 Å². The number of nitrogens with one attached hydrogen (secondary N) is 1. The van der Waals surface area contributed by atoms with Crippen molar-refractivity contribution in [2.24, 2.45) is 5.73 Å². The lowest BCUT2D eigenvalue weighted by Gasteiger charge is -2.10. The summed E-state index contributed by atoms with van der Waals surface area (Å²) in [6.07, 6.45) is 0. The smallest absolute Gasteiger partial charge is 0.262 e. The minimum atomic E-state index is -0.905. The average Bonchev–Trinajstić information content (AvgIpc) is 3.26. The summed E-state index contributed by atoms with van der Waals surface area (Å²) in [6.45, 7) is 1.71. The Balaban J connectivity index is 1.53. The molecule has 0 aliphatic carbocycles. The van der Waals surface area contributed by atoms with Gasteiger partial charge in [-0.1, -0.05) is 0 Å². The van der Waals surface area contributed by atoms with E-state index in [0.29, 0.717) is 5.75 Å². The molecule has 4 aromatic rings. The molecule has 0 unspecified atom stereocenters. The second-order valence-corrected chi connectivity index (χ2v) is 8.16. The molecule has 0 atom stereocenters. The van der Waals surface area contributed by atoms with Crippen molar-refractivity contribution >= 4 is 60.5 Å². The fourth-order valence-electron chi connectivity index (χ4n) is 2.84. The number of fused-ring (bicyclic) bond motifs is 3. The predicted molar refractivity (Wildman–Crippen MR) is 109 cm³/mol. The molecule has 2 amide bonds. The Kier molecular flexibility index (Phi) is 4.70. The number of amides is 2. The zero-order valence-electron chi connectivity index (χ0n) is 14.6. The van der Waals surface area contributed by atoms with Gasteiger partial charge < -0.3 is 15.8 Å². The van der Waals surface area contributed by atoms with Crippen LogP contribution in [-0.4, -0.2) is 23.4 Å². The van der Waals surface area contributed by atoms with E-state index < -0.39 is 17.6 Å². The molecule has 142 valence electrons. The highest BCUT2D eigenvalue weighted by Crippen LogP contribution is 2.38. The number of hydrogen-bond donors (Lipinski definition) is 2. The third-order valence-corrected chi connectivity index (χ3v) is 5.88. The number of carbonyl (C=O) groups excluding carboxylic acids is 2. The average molecular weight is 415 g/mol. The third-order valence-electron chi connectivity index (χ3n) is 4.04. The van der Waals surface area contributed by atoms with E-state index in [4.69, 9.17) is 10.5 Å². The van der Waals surface area contributed by atoms with Gasteiger partial charge in [0, 0.05) is 17.1 Å². The molecule has 0 saturated heterocycles. The molecule has 0 saturated carbocycles. The van der Waals surface area contributed by atoms with Crippen molar-refractivity contribution < 1.29 is 18.7 Å². The zero-order chi connectivity index (χ0) is 19.8. The van der Waals surface area contributed by atoms with Crippen LogP contribution in [0, 0.1) is 12.7 Å². The quantitative estimate of drug-likeness (QED) is 0.514. The number of aryl methyl sites for hydroxylation is 1. The van der Waals surface area contributed by atoms with E-state index in [1.807, 2.05) is 24.4 Å². The van der Waals surface area contributed by atoms with Gasteiger partial charge >= 0.3 is 0 Å². The second kappa shape index (κ2) is 7.17. The number of nitrogens with zero attached hydrogens (tertiary/aromatic N) is 1. The predicted octanol–water partition coefficient (Wildman–Crippen LogP) is 4.07. The highest BCUT2D eigenvalue weighted by molar-refractivity contribution is 7.21. The van der Waals surface area contributed by atoms with Gasteiger partial charge in [-0.2, -0.15) is 0 Å². The molecule has 0 aliphatic rings. The summed E-state index contributed by atoms with van der Waals surface area (Å²) < 4.78 is 21.3. The van der Waals surface area contributed by atoms with E-state index in [1.165, 1.54) is 12.1 Å². The Hall–Kier alpha value is -3.04. The monoisotopic (exact) mass is 415 g/mol. The van der Waals surface area contributed by atoms with Crippen molar-refractivity contribution in [3.63, 3.8) is 0 Å². The van der Waals surface area contributed by atoms with Crippen LogP contribution in [0.5, 0.6) is 5.75 Å². The van der Waals surface area contributed by atoms with Gasteiger partial charge in [0.15, 0.2) is 6.61 Å². The lowest BCUT2D eigenvalue weighted by atomic mass is 10.2. The fourth-order valence-corrected chi connectivity index (χ4v) is 4.67. The maximum Gasteiger partial charge on any atom is 0.262 e. The summed E-state index contributed by atoms with van der Waals surface area (Å²) in [5.41, 5.74) is 6.03. The van der Waals surface area contributed by atoms with Gasteiger partial charge in [-0.05, 0) is 36.6 Å². The first-order valence-corrected chi connectivity index (χ1v) is 9.91. The van der Waals surface area contributed by atoms with Crippen LogP contribution in [0.4, 0.5) is 10.1 Å². The lowest BCUT2D eigenvalue weighted by molar-refractivity contribution is -0.118. The molecule has 0 bridgehead atoms. The van der Waals surface area contributed by atoms with Crippen molar-refractivity contribution in [1.29, 1.82) is 0 Å². The van der Waals surface area contributed by atoms with Crippen LogP contribution in [0.1, 0.15) is 15.4 Å². The summed E-state index contributed by atoms with van der Waals surface area (Å²) >= 11 is 3.13. The van der Waals surface area contributed by atoms with E-state index in [1.54, 1.807) is 22.7 Å². The molecule has 9 heteroatoms. The van der Waals surface area contributed by atoms with Crippen molar-refractivity contribution in [1.82, 2.24) is 4.98 Å². The summed E-state index contributed by atoms with van der Waals surface area (Å²) in [5, 5.41) is 6.38. The van der Waals surface area contributed by atoms with Crippen molar-refractivity contribution in [2.75, 3.05) is 11.9 Å². The number of benzene rings is 2. The topological polar surface area (TPSA) is 94.3 Å². The fraction of sp³-hybridized carbons (Fsp3) is 0.105.